The van der Waals surface area contributed by atoms with Crippen LogP contribution in [-0.2, 0) is 6.54 Å². The van der Waals surface area contributed by atoms with E-state index in [0.29, 0.717) is 24.7 Å². The molecule has 1 aliphatic heterocycles. The summed E-state index contributed by atoms with van der Waals surface area (Å²) in [6, 6.07) is 2.36. The number of methoxy groups -OCH3 is 1. The number of hydrogen-bond acceptors (Lipinski definition) is 5. The van der Waals surface area contributed by atoms with E-state index in [2.05, 4.69) is 11.3 Å². The molecule has 1 aromatic heterocycles. The zero-order valence-corrected chi connectivity index (χ0v) is 14.3. The largest absolute Gasteiger partial charge is 0.494 e. The summed E-state index contributed by atoms with van der Waals surface area (Å²) in [7, 11) is 1.35. The highest BCUT2D eigenvalue weighted by atomic mass is 19.1. The fraction of sp³-hybridized carbons (Fsp3) is 0.471. The van der Waals surface area contributed by atoms with E-state index in [4.69, 9.17) is 4.74 Å². The second-order valence-corrected chi connectivity index (χ2v) is 6.12. The molecule has 0 bridgehead atoms. The molecule has 1 aliphatic rings. The fourth-order valence-electron chi connectivity index (χ4n) is 3.31. The molecular weight excluding hydrogens is 327 g/mol. The van der Waals surface area contributed by atoms with Crippen molar-refractivity contribution in [1.29, 1.82) is 0 Å². The molecule has 0 spiro atoms. The third-order valence-electron chi connectivity index (χ3n) is 4.73. The van der Waals surface area contributed by atoms with E-state index in [9.17, 15) is 14.5 Å². The number of nitro groups is 1. The van der Waals surface area contributed by atoms with Crippen LogP contribution >= 0.6 is 0 Å². The van der Waals surface area contributed by atoms with Crippen LogP contribution < -0.4 is 9.64 Å². The smallest absolute Gasteiger partial charge is 0.295 e. The minimum Gasteiger partial charge on any atom is -0.494 e. The van der Waals surface area contributed by atoms with Gasteiger partial charge >= 0.3 is 0 Å². The molecule has 0 N–H and O–H groups in total. The number of nitrogens with zero attached hydrogens (tertiary/aromatic N) is 4. The van der Waals surface area contributed by atoms with Gasteiger partial charge in [-0.1, -0.05) is 0 Å². The average Bonchev–Trinajstić information content (AvgIpc) is 3.11. The Morgan fingerprint density at radius 2 is 2.12 bits per heavy atom. The maximum absolute atomic E-state index is 13.8. The molecule has 0 radical (unpaired) electrons. The molecule has 0 saturated carbocycles. The van der Waals surface area contributed by atoms with Crippen LogP contribution in [0.15, 0.2) is 24.5 Å². The summed E-state index contributed by atoms with van der Waals surface area (Å²) in [6.07, 6.45) is 5.69. The summed E-state index contributed by atoms with van der Waals surface area (Å²) in [5, 5.41) is 15.6. The van der Waals surface area contributed by atoms with Crippen molar-refractivity contribution in [2.45, 2.75) is 32.2 Å². The van der Waals surface area contributed by atoms with E-state index >= 15 is 0 Å². The minimum atomic E-state index is -0.722. The van der Waals surface area contributed by atoms with Crippen LogP contribution in [0.4, 0.5) is 15.8 Å². The monoisotopic (exact) mass is 348 g/mol. The molecular formula is C17H21FN4O3. The van der Waals surface area contributed by atoms with Crippen molar-refractivity contribution in [3.63, 3.8) is 0 Å². The van der Waals surface area contributed by atoms with Gasteiger partial charge in [0.25, 0.3) is 5.69 Å². The molecule has 25 heavy (non-hydrogen) atoms. The van der Waals surface area contributed by atoms with E-state index in [1.165, 1.54) is 18.7 Å². The van der Waals surface area contributed by atoms with Gasteiger partial charge in [-0.25, -0.2) is 4.39 Å². The second-order valence-electron chi connectivity index (χ2n) is 6.12. The summed E-state index contributed by atoms with van der Waals surface area (Å²) in [4.78, 5) is 12.7. The molecule has 7 nitrogen and oxygen atoms in total. The molecule has 0 atom stereocenters. The predicted octanol–water partition coefficient (Wildman–Crippen LogP) is 3.34. The molecule has 1 fully saturated rings. The molecule has 3 rings (SSSR count). The quantitative estimate of drug-likeness (QED) is 0.612. The first-order valence-corrected chi connectivity index (χ1v) is 8.32. The van der Waals surface area contributed by atoms with E-state index in [0.717, 1.165) is 25.5 Å². The Hall–Kier alpha value is -2.64. The van der Waals surface area contributed by atoms with Crippen molar-refractivity contribution < 1.29 is 14.1 Å². The average molecular weight is 348 g/mol. The molecule has 8 heteroatoms. The van der Waals surface area contributed by atoms with Crippen LogP contribution in [0.2, 0.25) is 0 Å². The van der Waals surface area contributed by atoms with Gasteiger partial charge in [0, 0.05) is 31.9 Å². The second kappa shape index (κ2) is 7.08. The molecule has 0 aliphatic carbocycles. The first-order valence-electron chi connectivity index (χ1n) is 8.32. The number of aromatic nitrogens is 2. The topological polar surface area (TPSA) is 73.4 Å². The summed E-state index contributed by atoms with van der Waals surface area (Å²) in [5.74, 6) is -0.315. The highest BCUT2D eigenvalue weighted by Crippen LogP contribution is 2.38. The van der Waals surface area contributed by atoms with E-state index in [1.54, 1.807) is 0 Å². The Morgan fingerprint density at radius 1 is 1.40 bits per heavy atom. The molecule has 1 aromatic carbocycles. The Balaban J connectivity index is 1.79. The third kappa shape index (κ3) is 3.42. The molecule has 134 valence electrons. The van der Waals surface area contributed by atoms with Gasteiger partial charge in [0.1, 0.15) is 5.69 Å². The van der Waals surface area contributed by atoms with Crippen LogP contribution in [0.1, 0.15) is 31.2 Å². The number of aryl methyl sites for hydroxylation is 1. The maximum Gasteiger partial charge on any atom is 0.295 e. The Kier molecular flexibility index (Phi) is 4.87. The van der Waals surface area contributed by atoms with Crippen LogP contribution in [0, 0.1) is 15.9 Å². The van der Waals surface area contributed by atoms with Crippen molar-refractivity contribution in [3.8, 4) is 5.75 Å². The van der Waals surface area contributed by atoms with Crippen LogP contribution in [0.3, 0.4) is 0 Å². The Morgan fingerprint density at radius 3 is 2.68 bits per heavy atom. The lowest BCUT2D eigenvalue weighted by molar-refractivity contribution is -0.384. The summed E-state index contributed by atoms with van der Waals surface area (Å²) >= 11 is 0. The number of ether oxygens (including phenoxy) is 1. The molecule has 0 amide bonds. The number of halogens is 1. The highest BCUT2D eigenvalue weighted by molar-refractivity contribution is 5.66. The number of benzene rings is 1. The van der Waals surface area contributed by atoms with E-state index in [-0.39, 0.29) is 11.4 Å². The first-order chi connectivity index (χ1) is 12.0. The van der Waals surface area contributed by atoms with Crippen molar-refractivity contribution in [2.75, 3.05) is 25.1 Å². The predicted molar refractivity (Wildman–Crippen MR) is 91.7 cm³/mol. The highest BCUT2D eigenvalue weighted by Gasteiger charge is 2.28. The van der Waals surface area contributed by atoms with Crippen molar-refractivity contribution >= 4 is 11.4 Å². The molecule has 2 heterocycles. The normalized spacial score (nSPS) is 15.4. The third-order valence-corrected chi connectivity index (χ3v) is 4.73. The van der Waals surface area contributed by atoms with Gasteiger partial charge in [-0.2, -0.15) is 5.10 Å². The lowest BCUT2D eigenvalue weighted by Gasteiger charge is -2.33. The minimum absolute atomic E-state index is 0.0203. The number of nitro benzene ring substituents is 1. The van der Waals surface area contributed by atoms with Crippen molar-refractivity contribution in [2.24, 2.45) is 0 Å². The number of rotatable bonds is 5. The number of hydrogen-bond donors (Lipinski definition) is 0. The molecule has 0 unspecified atom stereocenters. The SMILES string of the molecule is CCn1cc(C2CCN(c3cc(OC)c(F)cc3[N+](=O)[O-])CC2)cn1. The Labute approximate surface area is 145 Å². The molecule has 2 aromatic rings. The van der Waals surface area contributed by atoms with Gasteiger partial charge in [-0.05, 0) is 31.2 Å². The standard InChI is InChI=1S/C17H21FN4O3/c1-3-21-11-13(10-19-21)12-4-6-20(7-5-12)15-9-17(25-2)14(18)8-16(15)22(23)24/h8-12H,3-7H2,1-2H3. The fourth-order valence-corrected chi connectivity index (χ4v) is 3.31. The van der Waals surface area contributed by atoms with Gasteiger partial charge in [0.05, 0.1) is 24.3 Å². The van der Waals surface area contributed by atoms with Gasteiger partial charge in [0.2, 0.25) is 0 Å². The van der Waals surface area contributed by atoms with E-state index in [1.807, 2.05) is 22.7 Å². The first kappa shape index (κ1) is 17.2. The van der Waals surface area contributed by atoms with Crippen LogP contribution in [0.5, 0.6) is 5.75 Å². The van der Waals surface area contributed by atoms with Crippen molar-refractivity contribution in [3.05, 3.63) is 46.0 Å². The summed E-state index contributed by atoms with van der Waals surface area (Å²) in [5.41, 5.74) is 1.38. The van der Waals surface area contributed by atoms with Crippen LogP contribution in [-0.4, -0.2) is 34.9 Å². The summed E-state index contributed by atoms with van der Waals surface area (Å²) < 4.78 is 20.7. The van der Waals surface area contributed by atoms with Gasteiger partial charge < -0.3 is 9.64 Å². The lowest BCUT2D eigenvalue weighted by atomic mass is 9.91. The number of piperidine rings is 1. The molecule has 1 saturated heterocycles. The zero-order valence-electron chi connectivity index (χ0n) is 14.3. The zero-order chi connectivity index (χ0) is 18.0. The van der Waals surface area contributed by atoms with E-state index < -0.39 is 10.7 Å². The maximum atomic E-state index is 13.8. The van der Waals surface area contributed by atoms with Gasteiger partial charge in [-0.3, -0.25) is 14.8 Å². The summed E-state index contributed by atoms with van der Waals surface area (Å²) in [6.45, 7) is 4.20. The van der Waals surface area contributed by atoms with Crippen molar-refractivity contribution in [1.82, 2.24) is 9.78 Å². The Bertz CT molecular complexity index is 769. The van der Waals surface area contributed by atoms with Gasteiger partial charge in [-0.15, -0.1) is 0 Å². The lowest BCUT2D eigenvalue weighted by Crippen LogP contribution is -2.33. The number of anilines is 1. The van der Waals surface area contributed by atoms with Gasteiger partial charge in [0.15, 0.2) is 11.6 Å². The van der Waals surface area contributed by atoms with Crippen LogP contribution in [0.25, 0.3) is 0 Å².